The number of aliphatic hydroxyl groups is 1. The topological polar surface area (TPSA) is 101 Å². The van der Waals surface area contributed by atoms with Gasteiger partial charge in [-0.2, -0.15) is 0 Å². The van der Waals surface area contributed by atoms with Gasteiger partial charge in [-0.25, -0.2) is 4.39 Å². The molecular weight excluding hydrogens is 483 g/mol. The molecule has 2 aliphatic heterocycles. The van der Waals surface area contributed by atoms with Crippen LogP contribution in [0.25, 0.3) is 0 Å². The summed E-state index contributed by atoms with van der Waals surface area (Å²) < 4.78 is 47.4. The van der Waals surface area contributed by atoms with Gasteiger partial charge in [-0.05, 0) is 45.4 Å². The molecule has 3 saturated carbocycles. The number of alkyl halides is 1. The lowest BCUT2D eigenvalue weighted by atomic mass is 9.44. The van der Waals surface area contributed by atoms with E-state index >= 15 is 4.39 Å². The fraction of sp³-hybridized carbons (Fsp3) is 0.857. The fourth-order valence-corrected chi connectivity index (χ4v) is 9.23. The predicted molar refractivity (Wildman–Crippen MR) is 128 cm³/mol. The van der Waals surface area contributed by atoms with Gasteiger partial charge in [0.2, 0.25) is 5.78 Å². The first-order valence-corrected chi connectivity index (χ1v) is 13.6. The Balaban J connectivity index is 1.40. The van der Waals surface area contributed by atoms with E-state index in [1.807, 2.05) is 13.8 Å². The molecule has 2 saturated heterocycles. The minimum Gasteiger partial charge on any atom is -0.458 e. The van der Waals surface area contributed by atoms with Crippen LogP contribution in [0.15, 0.2) is 11.6 Å². The molecule has 0 amide bonds. The minimum absolute atomic E-state index is 0.0490. The van der Waals surface area contributed by atoms with Gasteiger partial charge in [0.25, 0.3) is 0 Å². The van der Waals surface area contributed by atoms with Crippen molar-refractivity contribution in [3.05, 3.63) is 11.6 Å². The van der Waals surface area contributed by atoms with Crippen LogP contribution in [0.1, 0.15) is 73.1 Å². The molecule has 4 aliphatic carbocycles. The molecule has 6 rings (SSSR count). The lowest BCUT2D eigenvalue weighted by molar-refractivity contribution is -0.257. The summed E-state index contributed by atoms with van der Waals surface area (Å²) in [5, 5.41) is 11.7. The van der Waals surface area contributed by atoms with Crippen LogP contribution in [0.4, 0.5) is 4.39 Å². The number of hydrogen-bond acceptors (Lipinski definition) is 8. The third-order valence-electron chi connectivity index (χ3n) is 10.8. The molecule has 37 heavy (non-hydrogen) atoms. The van der Waals surface area contributed by atoms with Crippen molar-refractivity contribution in [3.63, 3.8) is 0 Å². The summed E-state index contributed by atoms with van der Waals surface area (Å²) in [6, 6.07) is 0. The van der Waals surface area contributed by atoms with Crippen LogP contribution < -0.4 is 0 Å². The zero-order valence-corrected chi connectivity index (χ0v) is 22.4. The Labute approximate surface area is 217 Å². The largest absolute Gasteiger partial charge is 0.458 e. The van der Waals surface area contributed by atoms with Gasteiger partial charge >= 0.3 is 5.97 Å². The molecule has 6 aliphatic rings. The van der Waals surface area contributed by atoms with E-state index in [1.165, 1.54) is 6.92 Å². The SMILES string of the molecule is CC(=O)OCC(=O)[C@@]12OC(C)(C)O[C@@H]1C[C@H]1[C@@H]3CC=C4CC5(CC[C@]4(C)[C@@]3(F)[C@@H](O)C[C@@]12C)OCCO5. The van der Waals surface area contributed by atoms with Crippen LogP contribution >= 0.6 is 0 Å². The van der Waals surface area contributed by atoms with Crippen molar-refractivity contribution >= 4 is 11.8 Å². The number of rotatable bonds is 3. The van der Waals surface area contributed by atoms with E-state index in [0.717, 1.165) is 5.57 Å². The molecule has 0 aromatic carbocycles. The molecule has 0 aromatic rings. The summed E-state index contributed by atoms with van der Waals surface area (Å²) in [7, 11) is 0. The number of allylic oxidation sites excluding steroid dienone is 1. The first-order valence-electron chi connectivity index (χ1n) is 13.6. The number of halogens is 1. The maximum absolute atomic E-state index is 17.7. The Kier molecular flexibility index (Phi) is 5.48. The van der Waals surface area contributed by atoms with E-state index in [0.29, 0.717) is 45.3 Å². The highest BCUT2D eigenvalue weighted by Crippen LogP contribution is 2.73. The van der Waals surface area contributed by atoms with Crippen molar-refractivity contribution in [1.29, 1.82) is 0 Å². The lowest BCUT2D eigenvalue weighted by Gasteiger charge is -2.64. The van der Waals surface area contributed by atoms with Crippen molar-refractivity contribution in [2.75, 3.05) is 19.8 Å². The number of carbonyl (C=O) groups is 2. The normalized spacial score (nSPS) is 49.0. The predicted octanol–water partition coefficient (Wildman–Crippen LogP) is 3.39. The van der Waals surface area contributed by atoms with Gasteiger partial charge < -0.3 is 28.8 Å². The van der Waals surface area contributed by atoms with Gasteiger partial charge in [-0.3, -0.25) is 9.59 Å². The highest BCUT2D eigenvalue weighted by Gasteiger charge is 2.80. The van der Waals surface area contributed by atoms with Gasteiger partial charge in [-0.15, -0.1) is 0 Å². The molecule has 8 atom stereocenters. The zero-order valence-electron chi connectivity index (χ0n) is 22.4. The molecule has 8 nitrogen and oxygen atoms in total. The number of ketones is 1. The standard InChI is InChI=1S/C28H39FO8/c1-16(30)33-15-21(32)28-22(36-23(2,3)37-28)12-19-18-7-6-17-13-26(34-10-11-35-26)9-8-24(17,4)27(18,29)20(31)14-25(19,28)5/h6,18-20,22,31H,7-15H2,1-5H3/t18-,19-,20-,22+,24-,25-,27-,28+/m0/s1. The summed E-state index contributed by atoms with van der Waals surface area (Å²) in [5.74, 6) is -3.47. The molecule has 5 fully saturated rings. The second-order valence-electron chi connectivity index (χ2n) is 13.0. The molecule has 0 unspecified atom stereocenters. The second-order valence-corrected chi connectivity index (χ2v) is 13.0. The van der Waals surface area contributed by atoms with E-state index < -0.39 is 70.2 Å². The Morgan fingerprint density at radius 2 is 1.84 bits per heavy atom. The molecular formula is C28H39FO8. The third-order valence-corrected chi connectivity index (χ3v) is 10.8. The van der Waals surface area contributed by atoms with E-state index in [4.69, 9.17) is 23.7 Å². The number of carbonyl (C=O) groups excluding carboxylic acids is 2. The zero-order chi connectivity index (χ0) is 26.6. The Hall–Kier alpha value is -1.39. The summed E-state index contributed by atoms with van der Waals surface area (Å²) >= 11 is 0. The summed E-state index contributed by atoms with van der Waals surface area (Å²) in [5.41, 5.74) is -4.14. The van der Waals surface area contributed by atoms with Crippen LogP contribution in [-0.2, 0) is 33.3 Å². The average molecular weight is 523 g/mol. The first-order chi connectivity index (χ1) is 17.2. The van der Waals surface area contributed by atoms with Gasteiger partial charge in [0.1, 0.15) is 5.67 Å². The van der Waals surface area contributed by atoms with Crippen molar-refractivity contribution in [3.8, 4) is 0 Å². The average Bonchev–Trinajstić information content (AvgIpc) is 3.44. The molecule has 0 radical (unpaired) electrons. The minimum atomic E-state index is -1.88. The van der Waals surface area contributed by atoms with Crippen molar-refractivity contribution in [2.24, 2.45) is 22.7 Å². The maximum Gasteiger partial charge on any atom is 0.303 e. The fourth-order valence-electron chi connectivity index (χ4n) is 9.23. The van der Waals surface area contributed by atoms with Crippen LogP contribution in [0.2, 0.25) is 0 Å². The van der Waals surface area contributed by atoms with E-state index in [2.05, 4.69) is 6.08 Å². The number of ether oxygens (including phenoxy) is 5. The van der Waals surface area contributed by atoms with Gasteiger partial charge in [-0.1, -0.05) is 25.5 Å². The summed E-state index contributed by atoms with van der Waals surface area (Å²) in [4.78, 5) is 25.3. The molecule has 1 N–H and O–H groups in total. The smallest absolute Gasteiger partial charge is 0.303 e. The molecule has 1 spiro atoms. The van der Waals surface area contributed by atoms with E-state index in [-0.39, 0.29) is 12.3 Å². The number of esters is 1. The van der Waals surface area contributed by atoms with Gasteiger partial charge in [0.05, 0.1) is 25.4 Å². The Morgan fingerprint density at radius 3 is 2.51 bits per heavy atom. The van der Waals surface area contributed by atoms with Crippen LogP contribution in [0, 0.1) is 22.7 Å². The van der Waals surface area contributed by atoms with Crippen molar-refractivity contribution < 1.29 is 42.8 Å². The Bertz CT molecular complexity index is 1050. The van der Waals surface area contributed by atoms with Crippen molar-refractivity contribution in [1.82, 2.24) is 0 Å². The summed E-state index contributed by atoms with van der Waals surface area (Å²) in [6.45, 7) is 9.26. The number of aliphatic hydroxyl groups excluding tert-OH is 1. The molecule has 206 valence electrons. The van der Waals surface area contributed by atoms with Crippen LogP contribution in [0.5, 0.6) is 0 Å². The van der Waals surface area contributed by atoms with Crippen molar-refractivity contribution in [2.45, 2.75) is 108 Å². The molecule has 0 aromatic heterocycles. The van der Waals surface area contributed by atoms with Gasteiger partial charge in [0, 0.05) is 36.5 Å². The number of fused-ring (bicyclic) bond motifs is 7. The Morgan fingerprint density at radius 1 is 1.14 bits per heavy atom. The van der Waals surface area contributed by atoms with Crippen LogP contribution in [-0.4, -0.2) is 71.7 Å². The van der Waals surface area contributed by atoms with Crippen LogP contribution in [0.3, 0.4) is 0 Å². The van der Waals surface area contributed by atoms with E-state index in [1.54, 1.807) is 13.8 Å². The quantitative estimate of drug-likeness (QED) is 0.445. The maximum atomic E-state index is 17.7. The number of Topliss-reactive ketones (excluding diaryl/α,β-unsaturated/α-hetero) is 1. The second kappa shape index (κ2) is 7.84. The molecule has 2 heterocycles. The molecule has 0 bridgehead atoms. The molecule has 9 heteroatoms. The third kappa shape index (κ3) is 3.18. The lowest BCUT2D eigenvalue weighted by Crippen LogP contribution is -2.70. The monoisotopic (exact) mass is 522 g/mol. The highest BCUT2D eigenvalue weighted by molar-refractivity contribution is 5.92. The summed E-state index contributed by atoms with van der Waals surface area (Å²) in [6.07, 6.45) is 2.70. The van der Waals surface area contributed by atoms with E-state index in [9.17, 15) is 14.7 Å². The highest BCUT2D eigenvalue weighted by atomic mass is 19.1. The van der Waals surface area contributed by atoms with Gasteiger partial charge in [0.15, 0.2) is 23.8 Å². The number of hydrogen-bond donors (Lipinski definition) is 1. The first kappa shape index (κ1) is 25.9.